The van der Waals surface area contributed by atoms with E-state index in [-0.39, 0.29) is 0 Å². The summed E-state index contributed by atoms with van der Waals surface area (Å²) in [4.78, 5) is 22.4. The molecule has 116 valence electrons. The van der Waals surface area contributed by atoms with Crippen LogP contribution < -0.4 is 21.1 Å². The summed E-state index contributed by atoms with van der Waals surface area (Å²) in [6.07, 6.45) is 0.239. The summed E-state index contributed by atoms with van der Waals surface area (Å²) < 4.78 is 5.71. The molecule has 4 N–H and O–H groups in total. The second-order valence-electron chi connectivity index (χ2n) is 4.85. The number of urea groups is 1. The first-order valence-corrected chi connectivity index (χ1v) is 7.01. The number of hydrogen-bond donors (Lipinski definition) is 3. The van der Waals surface area contributed by atoms with Crippen molar-refractivity contribution >= 4 is 11.9 Å². The van der Waals surface area contributed by atoms with Crippen molar-refractivity contribution in [2.45, 2.75) is 39.8 Å². The zero-order chi connectivity index (χ0) is 15.8. The molecular weight excluding hydrogens is 270 g/mol. The molecule has 0 aliphatic rings. The van der Waals surface area contributed by atoms with Crippen LogP contribution in [0.15, 0.2) is 18.2 Å². The molecule has 6 heteroatoms. The number of amides is 3. The van der Waals surface area contributed by atoms with Crippen molar-refractivity contribution in [1.82, 2.24) is 10.6 Å². The molecule has 0 aliphatic heterocycles. The molecule has 6 nitrogen and oxygen atoms in total. The molecule has 0 spiro atoms. The minimum Gasteiger partial charge on any atom is -0.480 e. The van der Waals surface area contributed by atoms with Gasteiger partial charge in [0.2, 0.25) is 0 Å². The van der Waals surface area contributed by atoms with E-state index in [1.54, 1.807) is 6.92 Å². The monoisotopic (exact) mass is 293 g/mol. The van der Waals surface area contributed by atoms with Crippen molar-refractivity contribution in [2.24, 2.45) is 5.73 Å². The maximum Gasteiger partial charge on any atom is 0.318 e. The molecule has 1 aromatic rings. The summed E-state index contributed by atoms with van der Waals surface area (Å²) in [6, 6.07) is 4.92. The second kappa shape index (κ2) is 8.26. The van der Waals surface area contributed by atoms with Crippen LogP contribution in [0.5, 0.6) is 5.75 Å². The lowest BCUT2D eigenvalue weighted by Crippen LogP contribution is -2.42. The number of nitrogens with one attached hydrogen (secondary N) is 2. The highest BCUT2D eigenvalue weighted by Crippen LogP contribution is 2.24. The van der Waals surface area contributed by atoms with Gasteiger partial charge in [0, 0.05) is 12.1 Å². The molecule has 1 rings (SSSR count). The molecular formula is C15H23N3O3. The van der Waals surface area contributed by atoms with E-state index in [9.17, 15) is 9.59 Å². The third-order valence-corrected chi connectivity index (χ3v) is 2.95. The van der Waals surface area contributed by atoms with Gasteiger partial charge in [-0.1, -0.05) is 25.1 Å². The van der Waals surface area contributed by atoms with E-state index in [0.717, 1.165) is 24.1 Å². The number of aryl methyl sites for hydroxylation is 1. The van der Waals surface area contributed by atoms with Gasteiger partial charge in [-0.2, -0.15) is 0 Å². The molecule has 0 fully saturated rings. The van der Waals surface area contributed by atoms with Crippen LogP contribution in [-0.4, -0.2) is 24.6 Å². The molecule has 0 aliphatic carbocycles. The Labute approximate surface area is 125 Å². The van der Waals surface area contributed by atoms with Crippen molar-refractivity contribution < 1.29 is 14.3 Å². The summed E-state index contributed by atoms with van der Waals surface area (Å²) >= 11 is 0. The van der Waals surface area contributed by atoms with Gasteiger partial charge < -0.3 is 15.8 Å². The maximum atomic E-state index is 11.7. The molecule has 3 amide bonds. The van der Waals surface area contributed by atoms with E-state index in [2.05, 4.69) is 12.2 Å². The van der Waals surface area contributed by atoms with Crippen LogP contribution in [0.4, 0.5) is 4.79 Å². The minimum atomic E-state index is -0.884. The number of carbonyl (C=O) groups is 2. The van der Waals surface area contributed by atoms with E-state index < -0.39 is 18.0 Å². The molecule has 21 heavy (non-hydrogen) atoms. The summed E-state index contributed by atoms with van der Waals surface area (Å²) in [5.41, 5.74) is 6.84. The van der Waals surface area contributed by atoms with Gasteiger partial charge in [0.05, 0.1) is 0 Å². The normalized spacial score (nSPS) is 11.8. The van der Waals surface area contributed by atoms with Crippen molar-refractivity contribution in [3.8, 4) is 5.75 Å². The number of imide groups is 1. The molecule has 0 radical (unpaired) electrons. The third kappa shape index (κ3) is 5.43. The molecule has 1 atom stereocenters. The zero-order valence-electron chi connectivity index (χ0n) is 12.7. The number of carbonyl (C=O) groups excluding carboxylic acids is 2. The summed E-state index contributed by atoms with van der Waals surface area (Å²) in [5, 5.41) is 5.31. The average molecular weight is 293 g/mol. The van der Waals surface area contributed by atoms with Crippen LogP contribution in [0.2, 0.25) is 0 Å². The fourth-order valence-corrected chi connectivity index (χ4v) is 1.87. The minimum absolute atomic E-state index is 0.557. The van der Waals surface area contributed by atoms with Crippen LogP contribution in [0, 0.1) is 6.92 Å². The van der Waals surface area contributed by atoms with Gasteiger partial charge in [-0.3, -0.25) is 10.1 Å². The number of rotatable bonds is 7. The van der Waals surface area contributed by atoms with Crippen molar-refractivity contribution in [1.29, 1.82) is 0 Å². The number of ether oxygens (including phenoxy) is 1. The number of primary amides is 1. The average Bonchev–Trinajstić information content (AvgIpc) is 2.41. The highest BCUT2D eigenvalue weighted by atomic mass is 16.5. The van der Waals surface area contributed by atoms with E-state index in [0.29, 0.717) is 12.3 Å². The first kappa shape index (κ1) is 17.0. The van der Waals surface area contributed by atoms with Gasteiger partial charge >= 0.3 is 6.03 Å². The number of nitrogens with two attached hydrogens (primary N) is 1. The summed E-state index contributed by atoms with van der Waals surface area (Å²) in [5.74, 6) is 0.103. The fraction of sp³-hybridized carbons (Fsp3) is 0.467. The van der Waals surface area contributed by atoms with Gasteiger partial charge in [-0.05, 0) is 32.4 Å². The highest BCUT2D eigenvalue weighted by Gasteiger charge is 2.18. The molecule has 1 aromatic carbocycles. The quantitative estimate of drug-likeness (QED) is 0.663. The maximum absolute atomic E-state index is 11.7. The summed E-state index contributed by atoms with van der Waals surface area (Å²) in [7, 11) is 0. The number of benzene rings is 1. The zero-order valence-corrected chi connectivity index (χ0v) is 12.7. The number of para-hydroxylation sites is 1. The van der Waals surface area contributed by atoms with Crippen LogP contribution in [0.1, 0.15) is 31.4 Å². The smallest absolute Gasteiger partial charge is 0.318 e. The lowest BCUT2D eigenvalue weighted by Gasteiger charge is -2.18. The Bertz CT molecular complexity index is 503. The van der Waals surface area contributed by atoms with Crippen LogP contribution in [-0.2, 0) is 11.3 Å². The first-order valence-electron chi connectivity index (χ1n) is 7.01. The lowest BCUT2D eigenvalue weighted by atomic mass is 10.1. The van der Waals surface area contributed by atoms with Gasteiger partial charge in [0.25, 0.3) is 5.91 Å². The van der Waals surface area contributed by atoms with E-state index in [1.807, 2.05) is 30.4 Å². The Hall–Kier alpha value is -2.08. The molecule has 1 unspecified atom stereocenters. The van der Waals surface area contributed by atoms with Crippen LogP contribution >= 0.6 is 0 Å². The van der Waals surface area contributed by atoms with Gasteiger partial charge in [-0.15, -0.1) is 0 Å². The lowest BCUT2D eigenvalue weighted by molar-refractivity contribution is -0.126. The standard InChI is InChI=1S/C15H23N3O3/c1-4-8-17-9-12-7-5-6-10(2)13(12)21-11(3)14(19)18-15(16)20/h5-7,11,17H,4,8-9H2,1-3H3,(H3,16,18,19,20). The van der Waals surface area contributed by atoms with Crippen molar-refractivity contribution in [2.75, 3.05) is 6.54 Å². The van der Waals surface area contributed by atoms with Crippen LogP contribution in [0.25, 0.3) is 0 Å². The molecule has 0 heterocycles. The predicted octanol–water partition coefficient (Wildman–Crippen LogP) is 1.46. The highest BCUT2D eigenvalue weighted by molar-refractivity contribution is 5.95. The van der Waals surface area contributed by atoms with Gasteiger partial charge in [-0.25, -0.2) is 4.79 Å². The van der Waals surface area contributed by atoms with E-state index >= 15 is 0 Å². The Morgan fingerprint density at radius 2 is 2.10 bits per heavy atom. The molecule has 0 saturated carbocycles. The van der Waals surface area contributed by atoms with Crippen molar-refractivity contribution in [3.05, 3.63) is 29.3 Å². The predicted molar refractivity (Wildman–Crippen MR) is 81.0 cm³/mol. The van der Waals surface area contributed by atoms with Gasteiger partial charge in [0.1, 0.15) is 5.75 Å². The molecule has 0 aromatic heterocycles. The van der Waals surface area contributed by atoms with Crippen molar-refractivity contribution in [3.63, 3.8) is 0 Å². The largest absolute Gasteiger partial charge is 0.480 e. The fourth-order valence-electron chi connectivity index (χ4n) is 1.87. The Kier molecular flexibility index (Phi) is 6.68. The van der Waals surface area contributed by atoms with Crippen LogP contribution in [0.3, 0.4) is 0 Å². The topological polar surface area (TPSA) is 93.4 Å². The molecule has 0 bridgehead atoms. The number of hydrogen-bond acceptors (Lipinski definition) is 4. The summed E-state index contributed by atoms with van der Waals surface area (Å²) in [6.45, 7) is 7.16. The second-order valence-corrected chi connectivity index (χ2v) is 4.85. The Morgan fingerprint density at radius 1 is 1.38 bits per heavy atom. The SMILES string of the molecule is CCCNCc1cccc(C)c1OC(C)C(=O)NC(N)=O. The Morgan fingerprint density at radius 3 is 2.71 bits per heavy atom. The Balaban J connectivity index is 2.80. The first-order chi connectivity index (χ1) is 9.95. The van der Waals surface area contributed by atoms with E-state index in [4.69, 9.17) is 10.5 Å². The molecule has 0 saturated heterocycles. The van der Waals surface area contributed by atoms with E-state index in [1.165, 1.54) is 0 Å². The third-order valence-electron chi connectivity index (χ3n) is 2.95. The van der Waals surface area contributed by atoms with Gasteiger partial charge in [0.15, 0.2) is 6.10 Å².